The van der Waals surface area contributed by atoms with E-state index in [2.05, 4.69) is 0 Å². The van der Waals surface area contributed by atoms with Gasteiger partial charge in [0.15, 0.2) is 0 Å². The second kappa shape index (κ2) is 2.46. The highest BCUT2D eigenvalue weighted by molar-refractivity contribution is 4.79. The molecule has 0 aromatic rings. The van der Waals surface area contributed by atoms with Crippen molar-refractivity contribution in [1.29, 1.82) is 0 Å². The van der Waals surface area contributed by atoms with Crippen molar-refractivity contribution in [2.75, 3.05) is 0 Å². The van der Waals surface area contributed by atoms with E-state index in [4.69, 9.17) is 5.11 Å². The maximum absolute atomic E-state index is 12.3. The fourth-order valence-corrected chi connectivity index (χ4v) is 0.347. The van der Waals surface area contributed by atoms with Crippen LogP contribution in [0.4, 0.5) is 8.78 Å². The Hall–Kier alpha value is -0.180. The molecule has 0 spiro atoms. The van der Waals surface area contributed by atoms with Crippen LogP contribution in [0.2, 0.25) is 0 Å². The second-order valence-electron chi connectivity index (χ2n) is 3.42. The number of halogens is 2. The van der Waals surface area contributed by atoms with Gasteiger partial charge in [0.25, 0.3) is 0 Å². The Bertz CT molecular complexity index is 113. The Morgan fingerprint density at radius 3 is 1.50 bits per heavy atom. The van der Waals surface area contributed by atoms with Crippen LogP contribution in [0.1, 0.15) is 27.7 Å². The molecule has 0 atom stereocenters. The highest BCUT2D eigenvalue weighted by Gasteiger charge is 2.46. The quantitative estimate of drug-likeness (QED) is 0.643. The van der Waals surface area contributed by atoms with Crippen molar-refractivity contribution in [3.8, 4) is 0 Å². The fraction of sp³-hybridized carbons (Fsp3) is 1.00. The summed E-state index contributed by atoms with van der Waals surface area (Å²) >= 11 is 0. The second-order valence-corrected chi connectivity index (χ2v) is 3.42. The van der Waals surface area contributed by atoms with Gasteiger partial charge in [0, 0.05) is 0 Å². The van der Waals surface area contributed by atoms with Gasteiger partial charge in [-0.1, -0.05) is 27.7 Å². The average molecular weight is 152 g/mol. The van der Waals surface area contributed by atoms with Gasteiger partial charge in [0.05, 0.1) is 5.41 Å². The molecule has 0 saturated heterocycles. The van der Waals surface area contributed by atoms with Crippen molar-refractivity contribution in [3.63, 3.8) is 0 Å². The van der Waals surface area contributed by atoms with Crippen LogP contribution in [0.25, 0.3) is 0 Å². The number of rotatable bonds is 2. The summed E-state index contributed by atoms with van der Waals surface area (Å²) in [6.07, 6.45) is -3.58. The van der Waals surface area contributed by atoms with E-state index in [1.54, 1.807) is 13.8 Å². The first-order valence-electron chi connectivity index (χ1n) is 3.29. The molecule has 0 saturated carbocycles. The maximum Gasteiger partial charge on any atom is 0.358 e. The van der Waals surface area contributed by atoms with Crippen molar-refractivity contribution < 1.29 is 13.9 Å². The number of hydrogen-bond acceptors (Lipinski definition) is 1. The fourth-order valence-electron chi connectivity index (χ4n) is 0.347. The van der Waals surface area contributed by atoms with E-state index in [-0.39, 0.29) is 5.92 Å². The van der Waals surface area contributed by atoms with Crippen LogP contribution in [0, 0.1) is 11.3 Å². The molecule has 0 aromatic carbocycles. The minimum atomic E-state index is -3.58. The lowest BCUT2D eigenvalue weighted by atomic mass is 9.80. The third kappa shape index (κ3) is 1.66. The van der Waals surface area contributed by atoms with Crippen LogP contribution in [0.5, 0.6) is 0 Å². The summed E-state index contributed by atoms with van der Waals surface area (Å²) in [6, 6.07) is 0. The van der Waals surface area contributed by atoms with Crippen LogP contribution in [0.15, 0.2) is 0 Å². The Morgan fingerprint density at radius 2 is 1.50 bits per heavy atom. The molecule has 3 heteroatoms. The van der Waals surface area contributed by atoms with Gasteiger partial charge in [-0.2, -0.15) is 8.78 Å². The summed E-state index contributed by atoms with van der Waals surface area (Å²) in [6.45, 7) is 6.00. The molecule has 0 unspecified atom stereocenters. The lowest BCUT2D eigenvalue weighted by molar-refractivity contribution is -0.280. The topological polar surface area (TPSA) is 20.2 Å². The molecule has 0 radical (unpaired) electrons. The first-order chi connectivity index (χ1) is 4.19. The van der Waals surface area contributed by atoms with Crippen LogP contribution in [0.3, 0.4) is 0 Å². The van der Waals surface area contributed by atoms with Crippen LogP contribution < -0.4 is 0 Å². The summed E-state index contributed by atoms with van der Waals surface area (Å²) in [7, 11) is 0. The van der Waals surface area contributed by atoms with E-state index in [1.807, 2.05) is 0 Å². The Balaban J connectivity index is 4.40. The number of alkyl halides is 2. The van der Waals surface area contributed by atoms with Gasteiger partial charge in [0.2, 0.25) is 0 Å². The van der Waals surface area contributed by atoms with Gasteiger partial charge in [0.1, 0.15) is 0 Å². The molecule has 0 aliphatic heterocycles. The Labute approximate surface area is 60.1 Å². The first-order valence-corrected chi connectivity index (χ1v) is 3.29. The molecular formula is C7H14F2O. The minimum absolute atomic E-state index is 0.243. The molecule has 0 rings (SSSR count). The third-order valence-corrected chi connectivity index (χ3v) is 2.22. The zero-order valence-corrected chi connectivity index (χ0v) is 6.78. The van der Waals surface area contributed by atoms with Gasteiger partial charge in [-0.15, -0.1) is 0 Å². The zero-order chi connectivity index (χ0) is 8.58. The SMILES string of the molecule is CC(C)C(C)(C)C(O)(F)F. The largest absolute Gasteiger partial charge is 0.358 e. The monoisotopic (exact) mass is 152 g/mol. The molecule has 1 N–H and O–H groups in total. The molecule has 0 aliphatic rings. The Kier molecular flexibility index (Phi) is 2.41. The van der Waals surface area contributed by atoms with E-state index in [0.29, 0.717) is 0 Å². The van der Waals surface area contributed by atoms with Gasteiger partial charge in [-0.05, 0) is 5.92 Å². The molecule has 0 fully saturated rings. The molecule has 0 bridgehead atoms. The van der Waals surface area contributed by atoms with Gasteiger partial charge in [-0.3, -0.25) is 0 Å². The van der Waals surface area contributed by atoms with Crippen LogP contribution in [-0.2, 0) is 0 Å². The van der Waals surface area contributed by atoms with Crippen molar-refractivity contribution in [1.82, 2.24) is 0 Å². The molecule has 0 aromatic heterocycles. The molecule has 0 heterocycles. The van der Waals surface area contributed by atoms with Crippen LogP contribution >= 0.6 is 0 Å². The van der Waals surface area contributed by atoms with Crippen LogP contribution in [-0.4, -0.2) is 11.2 Å². The molecule has 10 heavy (non-hydrogen) atoms. The predicted molar refractivity (Wildman–Crippen MR) is 35.8 cm³/mol. The number of hydrogen-bond donors (Lipinski definition) is 1. The van der Waals surface area contributed by atoms with E-state index < -0.39 is 11.5 Å². The summed E-state index contributed by atoms with van der Waals surface area (Å²) in [4.78, 5) is 0. The maximum atomic E-state index is 12.3. The smallest absolute Gasteiger partial charge is 0.336 e. The first kappa shape index (κ1) is 9.82. The normalized spacial score (nSPS) is 14.4. The summed E-state index contributed by atoms with van der Waals surface area (Å²) in [5.41, 5.74) is -1.34. The van der Waals surface area contributed by atoms with Crippen molar-refractivity contribution in [2.45, 2.75) is 33.8 Å². The Morgan fingerprint density at radius 1 is 1.20 bits per heavy atom. The van der Waals surface area contributed by atoms with Gasteiger partial charge in [-0.25, -0.2) is 0 Å². The molecule has 0 amide bonds. The van der Waals surface area contributed by atoms with Gasteiger partial charge < -0.3 is 5.11 Å². The standard InChI is InChI=1S/C7H14F2O/c1-5(2)6(3,4)7(8,9)10/h5,10H,1-4H3. The summed E-state index contributed by atoms with van der Waals surface area (Å²) in [5, 5.41) is 8.38. The van der Waals surface area contributed by atoms with E-state index in [1.165, 1.54) is 13.8 Å². The predicted octanol–water partition coefficient (Wildman–Crippen LogP) is 2.25. The average Bonchev–Trinajstić information content (AvgIpc) is 1.62. The highest BCUT2D eigenvalue weighted by atomic mass is 19.3. The highest BCUT2D eigenvalue weighted by Crippen LogP contribution is 2.39. The van der Waals surface area contributed by atoms with E-state index >= 15 is 0 Å². The zero-order valence-electron chi connectivity index (χ0n) is 6.78. The lowest BCUT2D eigenvalue weighted by Crippen LogP contribution is -2.40. The third-order valence-electron chi connectivity index (χ3n) is 2.22. The molecule has 62 valence electrons. The minimum Gasteiger partial charge on any atom is -0.336 e. The summed E-state index contributed by atoms with van der Waals surface area (Å²) < 4.78 is 24.6. The number of aliphatic hydroxyl groups is 1. The lowest BCUT2D eigenvalue weighted by Gasteiger charge is -2.33. The van der Waals surface area contributed by atoms with Crippen molar-refractivity contribution >= 4 is 0 Å². The summed E-state index contributed by atoms with van der Waals surface area (Å²) in [5.74, 6) is -0.243. The van der Waals surface area contributed by atoms with Crippen molar-refractivity contribution in [3.05, 3.63) is 0 Å². The van der Waals surface area contributed by atoms with Gasteiger partial charge >= 0.3 is 6.11 Å². The molecular weight excluding hydrogens is 138 g/mol. The van der Waals surface area contributed by atoms with Crippen molar-refractivity contribution in [2.24, 2.45) is 11.3 Å². The molecule has 1 nitrogen and oxygen atoms in total. The van der Waals surface area contributed by atoms with E-state index in [0.717, 1.165) is 0 Å². The molecule has 0 aliphatic carbocycles. The van der Waals surface area contributed by atoms with E-state index in [9.17, 15) is 8.78 Å².